The van der Waals surface area contributed by atoms with Gasteiger partial charge in [0.2, 0.25) is 0 Å². The summed E-state index contributed by atoms with van der Waals surface area (Å²) in [5.41, 5.74) is 6.96. The number of rotatable bonds is 5. The van der Waals surface area contributed by atoms with Gasteiger partial charge in [-0.05, 0) is 49.4 Å². The number of nitrogens with two attached hydrogens (primary N) is 1. The molecule has 96 valence electrons. The lowest BCUT2D eigenvalue weighted by molar-refractivity contribution is 0.163. The Bertz CT molecular complexity index is 184. The Labute approximate surface area is 102 Å². The predicted molar refractivity (Wildman–Crippen MR) is 72.4 cm³/mol. The number of hydrogen-bond acceptors (Lipinski definition) is 1. The van der Waals surface area contributed by atoms with E-state index in [1.54, 1.807) is 0 Å². The van der Waals surface area contributed by atoms with E-state index in [0.29, 0.717) is 11.5 Å². The van der Waals surface area contributed by atoms with Crippen LogP contribution in [0.2, 0.25) is 0 Å². The summed E-state index contributed by atoms with van der Waals surface area (Å²) in [4.78, 5) is 0. The van der Waals surface area contributed by atoms with Crippen molar-refractivity contribution in [3.05, 3.63) is 0 Å². The Kier molecular flexibility index (Phi) is 5.30. The van der Waals surface area contributed by atoms with E-state index in [1.807, 2.05) is 0 Å². The van der Waals surface area contributed by atoms with E-state index in [0.717, 1.165) is 11.8 Å². The van der Waals surface area contributed by atoms with Crippen molar-refractivity contribution in [2.45, 2.75) is 78.7 Å². The second-order valence-electron chi connectivity index (χ2n) is 6.58. The molecule has 1 rings (SSSR count). The largest absolute Gasteiger partial charge is 0.327 e. The molecule has 0 amide bonds. The van der Waals surface area contributed by atoms with Gasteiger partial charge in [-0.15, -0.1) is 0 Å². The highest BCUT2D eigenvalue weighted by molar-refractivity contribution is 4.84. The summed E-state index contributed by atoms with van der Waals surface area (Å²) in [6.45, 7) is 9.39. The molecule has 1 aliphatic rings. The first-order chi connectivity index (χ1) is 7.48. The molecule has 16 heavy (non-hydrogen) atoms. The highest BCUT2D eigenvalue weighted by atomic mass is 14.7. The molecule has 1 unspecified atom stereocenters. The standard InChI is InChI=1S/C15H31N/c1-5-12(6-2)11-14(16)13-7-9-15(3,4)10-8-13/h12-14H,5-11,16H2,1-4H3. The van der Waals surface area contributed by atoms with Gasteiger partial charge in [0.1, 0.15) is 0 Å². The van der Waals surface area contributed by atoms with Crippen LogP contribution in [-0.4, -0.2) is 6.04 Å². The Balaban J connectivity index is 2.35. The third-order valence-corrected chi connectivity index (χ3v) is 4.75. The minimum absolute atomic E-state index is 0.459. The molecule has 0 saturated heterocycles. The Morgan fingerprint density at radius 2 is 1.62 bits per heavy atom. The van der Waals surface area contributed by atoms with Gasteiger partial charge >= 0.3 is 0 Å². The van der Waals surface area contributed by atoms with E-state index in [1.165, 1.54) is 44.9 Å². The predicted octanol–water partition coefficient (Wildman–Crippen LogP) is 4.36. The van der Waals surface area contributed by atoms with Crippen molar-refractivity contribution in [2.75, 3.05) is 0 Å². The molecule has 1 heteroatoms. The van der Waals surface area contributed by atoms with Crippen LogP contribution in [0.1, 0.15) is 72.6 Å². The average molecular weight is 225 g/mol. The van der Waals surface area contributed by atoms with Crippen LogP contribution in [0.3, 0.4) is 0 Å². The molecule has 0 spiro atoms. The summed E-state index contributed by atoms with van der Waals surface area (Å²) in [5.74, 6) is 1.65. The molecule has 1 nitrogen and oxygen atoms in total. The monoisotopic (exact) mass is 225 g/mol. The third-order valence-electron chi connectivity index (χ3n) is 4.75. The van der Waals surface area contributed by atoms with Gasteiger partial charge in [0.25, 0.3) is 0 Å². The maximum absolute atomic E-state index is 6.39. The SMILES string of the molecule is CCC(CC)CC(N)C1CCC(C)(C)CC1. The van der Waals surface area contributed by atoms with Gasteiger partial charge in [0.05, 0.1) is 0 Å². The van der Waals surface area contributed by atoms with Gasteiger partial charge < -0.3 is 5.73 Å². The summed E-state index contributed by atoms with van der Waals surface area (Å²) in [6, 6.07) is 0.459. The fraction of sp³-hybridized carbons (Fsp3) is 1.00. The first-order valence-electron chi connectivity index (χ1n) is 7.24. The van der Waals surface area contributed by atoms with Crippen LogP contribution in [-0.2, 0) is 0 Å². The van der Waals surface area contributed by atoms with Gasteiger partial charge in [-0.25, -0.2) is 0 Å². The van der Waals surface area contributed by atoms with Gasteiger partial charge in [-0.2, -0.15) is 0 Å². The van der Waals surface area contributed by atoms with Crippen LogP contribution in [0.15, 0.2) is 0 Å². The molecule has 0 aliphatic heterocycles. The van der Waals surface area contributed by atoms with Gasteiger partial charge in [-0.3, -0.25) is 0 Å². The lowest BCUT2D eigenvalue weighted by Gasteiger charge is -2.37. The maximum atomic E-state index is 6.39. The molecule has 0 aromatic carbocycles. The van der Waals surface area contributed by atoms with Crippen LogP contribution < -0.4 is 5.73 Å². The quantitative estimate of drug-likeness (QED) is 0.739. The second kappa shape index (κ2) is 6.05. The van der Waals surface area contributed by atoms with E-state index in [4.69, 9.17) is 5.73 Å². The molecule has 1 fully saturated rings. The van der Waals surface area contributed by atoms with Crippen LogP contribution in [0.4, 0.5) is 0 Å². The minimum Gasteiger partial charge on any atom is -0.327 e. The summed E-state index contributed by atoms with van der Waals surface area (Å²) < 4.78 is 0. The normalized spacial score (nSPS) is 23.6. The van der Waals surface area contributed by atoms with E-state index in [2.05, 4.69) is 27.7 Å². The summed E-state index contributed by atoms with van der Waals surface area (Å²) in [5, 5.41) is 0. The summed E-state index contributed by atoms with van der Waals surface area (Å²) in [6.07, 6.45) is 9.29. The lowest BCUT2D eigenvalue weighted by atomic mass is 9.70. The number of hydrogen-bond donors (Lipinski definition) is 1. The first-order valence-corrected chi connectivity index (χ1v) is 7.24. The summed E-state index contributed by atoms with van der Waals surface area (Å²) >= 11 is 0. The van der Waals surface area contributed by atoms with Crippen molar-refractivity contribution in [1.82, 2.24) is 0 Å². The highest BCUT2D eigenvalue weighted by Gasteiger charge is 2.30. The zero-order chi connectivity index (χ0) is 12.2. The fourth-order valence-corrected chi connectivity index (χ4v) is 3.05. The molecule has 0 heterocycles. The smallest absolute Gasteiger partial charge is 0.00698 e. The molecular formula is C15H31N. The molecule has 2 N–H and O–H groups in total. The average Bonchev–Trinajstić information content (AvgIpc) is 2.25. The maximum Gasteiger partial charge on any atom is 0.00698 e. The van der Waals surface area contributed by atoms with Gasteiger partial charge in [0.15, 0.2) is 0 Å². The Morgan fingerprint density at radius 3 is 2.06 bits per heavy atom. The summed E-state index contributed by atoms with van der Waals surface area (Å²) in [7, 11) is 0. The van der Waals surface area contributed by atoms with Crippen molar-refractivity contribution in [3.8, 4) is 0 Å². The van der Waals surface area contributed by atoms with Gasteiger partial charge in [-0.1, -0.05) is 40.5 Å². The molecule has 0 radical (unpaired) electrons. The second-order valence-corrected chi connectivity index (χ2v) is 6.58. The zero-order valence-electron chi connectivity index (χ0n) is 11.8. The Hall–Kier alpha value is -0.0400. The van der Waals surface area contributed by atoms with Crippen molar-refractivity contribution >= 4 is 0 Å². The zero-order valence-corrected chi connectivity index (χ0v) is 11.8. The van der Waals surface area contributed by atoms with Crippen LogP contribution in [0.5, 0.6) is 0 Å². The van der Waals surface area contributed by atoms with Crippen molar-refractivity contribution in [2.24, 2.45) is 23.0 Å². The van der Waals surface area contributed by atoms with E-state index < -0.39 is 0 Å². The van der Waals surface area contributed by atoms with E-state index in [9.17, 15) is 0 Å². The highest BCUT2D eigenvalue weighted by Crippen LogP contribution is 2.39. The first kappa shape index (κ1) is 14.0. The van der Waals surface area contributed by atoms with E-state index in [-0.39, 0.29) is 0 Å². The topological polar surface area (TPSA) is 26.0 Å². The lowest BCUT2D eigenvalue weighted by Crippen LogP contribution is -2.36. The van der Waals surface area contributed by atoms with Crippen LogP contribution in [0, 0.1) is 17.3 Å². The van der Waals surface area contributed by atoms with Gasteiger partial charge in [0, 0.05) is 6.04 Å². The molecule has 1 saturated carbocycles. The minimum atomic E-state index is 0.459. The molecule has 1 aliphatic carbocycles. The Morgan fingerprint density at radius 1 is 1.12 bits per heavy atom. The van der Waals surface area contributed by atoms with Crippen molar-refractivity contribution in [3.63, 3.8) is 0 Å². The van der Waals surface area contributed by atoms with Crippen molar-refractivity contribution in [1.29, 1.82) is 0 Å². The molecular weight excluding hydrogens is 194 g/mol. The fourth-order valence-electron chi connectivity index (χ4n) is 3.05. The molecule has 0 aromatic rings. The van der Waals surface area contributed by atoms with Crippen molar-refractivity contribution < 1.29 is 0 Å². The van der Waals surface area contributed by atoms with E-state index >= 15 is 0 Å². The van der Waals surface area contributed by atoms with Crippen LogP contribution in [0.25, 0.3) is 0 Å². The third kappa shape index (κ3) is 4.08. The molecule has 0 bridgehead atoms. The molecule has 0 aromatic heterocycles. The van der Waals surface area contributed by atoms with Crippen LogP contribution >= 0.6 is 0 Å². The molecule has 1 atom stereocenters.